The number of aromatic nitrogens is 1. The van der Waals surface area contributed by atoms with Gasteiger partial charge in [-0.05, 0) is 38.0 Å². The molecule has 0 amide bonds. The molecular weight excluding hydrogens is 366 g/mol. The van der Waals surface area contributed by atoms with E-state index in [2.05, 4.69) is 80.1 Å². The van der Waals surface area contributed by atoms with Gasteiger partial charge >= 0.3 is 0 Å². The number of allylic oxidation sites excluding steroid dienone is 2. The molecule has 0 N–H and O–H groups in total. The zero-order valence-corrected chi connectivity index (χ0v) is 19.6. The normalized spacial score (nSPS) is 15.2. The lowest BCUT2D eigenvalue weighted by molar-refractivity contribution is 0.153. The number of piperazine rings is 1. The summed E-state index contributed by atoms with van der Waals surface area (Å²) in [5.74, 6) is 0.300. The third kappa shape index (κ3) is 6.56. The van der Waals surface area contributed by atoms with Crippen molar-refractivity contribution in [1.82, 2.24) is 14.8 Å². The molecule has 0 saturated carbocycles. The van der Waals surface area contributed by atoms with Gasteiger partial charge < -0.3 is 4.90 Å². The van der Waals surface area contributed by atoms with E-state index in [1.165, 1.54) is 33.7 Å². The van der Waals surface area contributed by atoms with Crippen LogP contribution < -0.4 is 0 Å². The molecule has 1 atom stereocenters. The first-order chi connectivity index (χ1) is 14.4. The molecule has 1 aliphatic rings. The lowest BCUT2D eigenvalue weighted by Crippen LogP contribution is -2.44. The van der Waals surface area contributed by atoms with Gasteiger partial charge in [-0.1, -0.05) is 68.5 Å². The molecule has 2 heterocycles. The van der Waals surface area contributed by atoms with Crippen molar-refractivity contribution in [2.45, 2.75) is 53.5 Å². The number of rotatable bonds is 7. The maximum atomic E-state index is 4.76. The van der Waals surface area contributed by atoms with Gasteiger partial charge in [-0.15, -0.1) is 0 Å². The zero-order valence-electron chi connectivity index (χ0n) is 19.6. The number of hydrogen-bond acceptors (Lipinski definition) is 3. The maximum absolute atomic E-state index is 4.76. The van der Waals surface area contributed by atoms with Crippen LogP contribution in [-0.2, 0) is 13.0 Å². The van der Waals surface area contributed by atoms with E-state index < -0.39 is 0 Å². The fourth-order valence-electron chi connectivity index (χ4n) is 3.90. The molecule has 0 radical (unpaired) electrons. The van der Waals surface area contributed by atoms with E-state index in [1.807, 2.05) is 20.0 Å². The van der Waals surface area contributed by atoms with E-state index in [9.17, 15) is 0 Å². The monoisotopic (exact) mass is 405 g/mol. The zero-order chi connectivity index (χ0) is 22.1. The first kappa shape index (κ1) is 23.9. The Morgan fingerprint density at radius 3 is 2.20 bits per heavy atom. The second-order valence-electron chi connectivity index (χ2n) is 8.12. The summed E-state index contributed by atoms with van der Waals surface area (Å²) in [7, 11) is 0. The van der Waals surface area contributed by atoms with Crippen LogP contribution >= 0.6 is 0 Å². The minimum absolute atomic E-state index is 0.300. The number of pyridine rings is 1. The van der Waals surface area contributed by atoms with Crippen LogP contribution in [0.25, 0.3) is 0 Å². The Balaban J connectivity index is 0.00000155. The molecule has 1 aliphatic heterocycles. The Morgan fingerprint density at radius 2 is 1.63 bits per heavy atom. The summed E-state index contributed by atoms with van der Waals surface area (Å²) in [5, 5.41) is 0. The fraction of sp³-hybridized carbons (Fsp3) is 0.444. The first-order valence-electron chi connectivity index (χ1n) is 11.2. The van der Waals surface area contributed by atoms with E-state index in [-0.39, 0.29) is 0 Å². The SMILES string of the molecule is C=C(C)C(Cc1ncccc1CN1CCN(C(=C)C)CC1)c1ccc(C)cc1.CC. The minimum Gasteiger partial charge on any atom is -0.373 e. The molecule has 1 aromatic carbocycles. The predicted octanol–water partition coefficient (Wildman–Crippen LogP) is 5.97. The van der Waals surface area contributed by atoms with E-state index >= 15 is 0 Å². The van der Waals surface area contributed by atoms with Gasteiger partial charge in [0.2, 0.25) is 0 Å². The highest BCUT2D eigenvalue weighted by molar-refractivity contribution is 5.33. The number of nitrogens with zero attached hydrogens (tertiary/aromatic N) is 3. The average molecular weight is 406 g/mol. The highest BCUT2D eigenvalue weighted by Crippen LogP contribution is 2.28. The number of aryl methyl sites for hydroxylation is 1. The van der Waals surface area contributed by atoms with Gasteiger partial charge in [0.05, 0.1) is 0 Å². The molecule has 3 rings (SSSR count). The molecule has 30 heavy (non-hydrogen) atoms. The lowest BCUT2D eigenvalue weighted by atomic mass is 9.87. The maximum Gasteiger partial charge on any atom is 0.0457 e. The molecule has 3 heteroatoms. The Bertz CT molecular complexity index is 814. The van der Waals surface area contributed by atoms with Crippen LogP contribution in [0.1, 0.15) is 56.0 Å². The second kappa shape index (κ2) is 11.7. The number of benzene rings is 1. The topological polar surface area (TPSA) is 19.4 Å². The highest BCUT2D eigenvalue weighted by Gasteiger charge is 2.20. The lowest BCUT2D eigenvalue weighted by Gasteiger charge is -2.36. The fourth-order valence-corrected chi connectivity index (χ4v) is 3.90. The molecule has 3 nitrogen and oxygen atoms in total. The van der Waals surface area contributed by atoms with Gasteiger partial charge in [0.15, 0.2) is 0 Å². The number of hydrogen-bond donors (Lipinski definition) is 0. The van der Waals surface area contributed by atoms with Crippen LogP contribution in [0, 0.1) is 6.92 Å². The van der Waals surface area contributed by atoms with Gasteiger partial charge in [0, 0.05) is 62.7 Å². The van der Waals surface area contributed by atoms with Crippen molar-refractivity contribution in [1.29, 1.82) is 0 Å². The molecule has 1 unspecified atom stereocenters. The van der Waals surface area contributed by atoms with Crippen molar-refractivity contribution in [2.24, 2.45) is 0 Å². The molecule has 1 saturated heterocycles. The van der Waals surface area contributed by atoms with Crippen molar-refractivity contribution >= 4 is 0 Å². The Hall–Kier alpha value is -2.39. The third-order valence-corrected chi connectivity index (χ3v) is 5.76. The van der Waals surface area contributed by atoms with E-state index in [4.69, 9.17) is 4.98 Å². The third-order valence-electron chi connectivity index (χ3n) is 5.76. The van der Waals surface area contributed by atoms with Crippen molar-refractivity contribution in [2.75, 3.05) is 26.2 Å². The molecule has 0 bridgehead atoms. The van der Waals surface area contributed by atoms with E-state index in [1.54, 1.807) is 0 Å². The van der Waals surface area contributed by atoms with Gasteiger partial charge in [-0.3, -0.25) is 9.88 Å². The molecule has 2 aromatic rings. The van der Waals surface area contributed by atoms with Crippen molar-refractivity contribution in [3.63, 3.8) is 0 Å². The Morgan fingerprint density at radius 1 is 1.00 bits per heavy atom. The van der Waals surface area contributed by atoms with Crippen LogP contribution in [0.2, 0.25) is 0 Å². The van der Waals surface area contributed by atoms with Gasteiger partial charge in [0.1, 0.15) is 0 Å². The van der Waals surface area contributed by atoms with Crippen LogP contribution in [0.4, 0.5) is 0 Å². The van der Waals surface area contributed by atoms with Gasteiger partial charge in [0.25, 0.3) is 0 Å². The summed E-state index contributed by atoms with van der Waals surface area (Å²) in [6.07, 6.45) is 2.82. The summed E-state index contributed by atoms with van der Waals surface area (Å²) in [6, 6.07) is 13.1. The van der Waals surface area contributed by atoms with Crippen LogP contribution in [0.15, 0.2) is 67.0 Å². The quantitative estimate of drug-likeness (QED) is 0.529. The highest BCUT2D eigenvalue weighted by atomic mass is 15.3. The van der Waals surface area contributed by atoms with Gasteiger partial charge in [-0.25, -0.2) is 0 Å². The molecular formula is C27H39N3. The van der Waals surface area contributed by atoms with Crippen molar-refractivity contribution in [3.05, 3.63) is 89.4 Å². The van der Waals surface area contributed by atoms with Crippen molar-refractivity contribution in [3.8, 4) is 0 Å². The van der Waals surface area contributed by atoms with Crippen molar-refractivity contribution < 1.29 is 0 Å². The molecule has 1 aromatic heterocycles. The molecule has 0 aliphatic carbocycles. The molecule has 0 spiro atoms. The molecule has 162 valence electrons. The summed E-state index contributed by atoms with van der Waals surface area (Å²) in [5.41, 5.74) is 7.50. The van der Waals surface area contributed by atoms with E-state index in [0.29, 0.717) is 5.92 Å². The Labute approximate surface area is 184 Å². The summed E-state index contributed by atoms with van der Waals surface area (Å²) >= 11 is 0. The average Bonchev–Trinajstić information content (AvgIpc) is 2.75. The van der Waals surface area contributed by atoms with Crippen LogP contribution in [0.5, 0.6) is 0 Å². The van der Waals surface area contributed by atoms with Gasteiger partial charge in [-0.2, -0.15) is 0 Å². The first-order valence-corrected chi connectivity index (χ1v) is 11.2. The minimum atomic E-state index is 0.300. The second-order valence-corrected chi connectivity index (χ2v) is 8.12. The smallest absolute Gasteiger partial charge is 0.0457 e. The molecule has 1 fully saturated rings. The Kier molecular flexibility index (Phi) is 9.32. The van der Waals surface area contributed by atoms with E-state index in [0.717, 1.165) is 39.1 Å². The largest absolute Gasteiger partial charge is 0.373 e. The standard InChI is InChI=1S/C25H33N3.C2H6/c1-19(2)24(22-10-8-21(5)9-11-22)17-25-23(7-6-12-26-25)18-27-13-15-28(16-14-27)20(3)4;1-2/h6-12,24H,1,3,13-18H2,2,4-5H3;1-2H3. The predicted molar refractivity (Wildman–Crippen MR) is 130 cm³/mol. The van der Waals surface area contributed by atoms with Crippen LogP contribution in [-0.4, -0.2) is 41.0 Å². The summed E-state index contributed by atoms with van der Waals surface area (Å²) in [6.45, 7) is 23.9. The van der Waals surface area contributed by atoms with Crippen LogP contribution in [0.3, 0.4) is 0 Å². The summed E-state index contributed by atoms with van der Waals surface area (Å²) < 4.78 is 0. The summed E-state index contributed by atoms with van der Waals surface area (Å²) in [4.78, 5) is 9.66.